The van der Waals surface area contributed by atoms with Crippen LogP contribution < -0.4 is 0 Å². The van der Waals surface area contributed by atoms with Gasteiger partial charge in [0.1, 0.15) is 20.7 Å². The van der Waals surface area contributed by atoms with Gasteiger partial charge in [0.15, 0.2) is 0 Å². The molecule has 0 spiro atoms. The van der Waals surface area contributed by atoms with E-state index in [9.17, 15) is 9.18 Å². The van der Waals surface area contributed by atoms with Crippen LogP contribution in [0.4, 0.5) is 4.39 Å². The Morgan fingerprint density at radius 2 is 2.00 bits per heavy atom. The lowest BCUT2D eigenvalue weighted by Crippen LogP contribution is -1.89. The molecule has 0 amide bonds. The number of rotatable bonds is 4. The van der Waals surface area contributed by atoms with Crippen LogP contribution >= 0.6 is 22.7 Å². The topological polar surface area (TPSA) is 63.1 Å². The average Bonchev–Trinajstić information content (AvgIpc) is 3.15. The molecule has 3 aromatic rings. The van der Waals surface area contributed by atoms with Crippen LogP contribution in [0, 0.1) is 5.82 Å². The molecule has 0 saturated heterocycles. The van der Waals surface area contributed by atoms with Crippen molar-refractivity contribution in [3.8, 4) is 10.6 Å². The van der Waals surface area contributed by atoms with Gasteiger partial charge in [-0.15, -0.1) is 22.7 Å². The van der Waals surface area contributed by atoms with Crippen molar-refractivity contribution < 1.29 is 14.3 Å². The summed E-state index contributed by atoms with van der Waals surface area (Å²) in [7, 11) is 0. The molecule has 3 rings (SSSR count). The summed E-state index contributed by atoms with van der Waals surface area (Å²) in [5.74, 6) is -1.26. The van der Waals surface area contributed by atoms with Crippen molar-refractivity contribution in [2.24, 2.45) is 0 Å². The van der Waals surface area contributed by atoms with E-state index >= 15 is 0 Å². The van der Waals surface area contributed by atoms with Crippen molar-refractivity contribution >= 4 is 40.8 Å². The van der Waals surface area contributed by atoms with Crippen LogP contribution in [0.15, 0.2) is 35.8 Å². The Hall–Kier alpha value is -2.38. The summed E-state index contributed by atoms with van der Waals surface area (Å²) >= 11 is 2.56. The normalized spacial score (nSPS) is 11.1. The Morgan fingerprint density at radius 3 is 2.68 bits per heavy atom. The van der Waals surface area contributed by atoms with Crippen molar-refractivity contribution in [1.82, 2.24) is 9.97 Å². The van der Waals surface area contributed by atoms with Gasteiger partial charge < -0.3 is 5.11 Å². The third-order valence-corrected chi connectivity index (χ3v) is 4.60. The van der Waals surface area contributed by atoms with Gasteiger partial charge in [0.05, 0.1) is 11.9 Å². The number of aromatic nitrogens is 2. The zero-order chi connectivity index (χ0) is 15.5. The Balaban J connectivity index is 1.77. The minimum atomic E-state index is -0.982. The zero-order valence-electron chi connectivity index (χ0n) is 11.1. The fourth-order valence-electron chi connectivity index (χ4n) is 1.71. The molecule has 110 valence electrons. The molecule has 0 radical (unpaired) electrons. The lowest BCUT2D eigenvalue weighted by atomic mass is 10.2. The van der Waals surface area contributed by atoms with Crippen LogP contribution in [-0.2, 0) is 0 Å². The fourth-order valence-corrected chi connectivity index (χ4v) is 3.16. The molecule has 4 nitrogen and oxygen atoms in total. The van der Waals surface area contributed by atoms with Crippen LogP contribution in [-0.4, -0.2) is 21.0 Å². The first-order chi connectivity index (χ1) is 10.6. The molecule has 0 aliphatic heterocycles. The number of carboxylic acid groups (broad SMARTS) is 1. The highest BCUT2D eigenvalue weighted by Gasteiger charge is 2.07. The molecule has 1 N–H and O–H groups in total. The van der Waals surface area contributed by atoms with Crippen LogP contribution in [0.2, 0.25) is 0 Å². The van der Waals surface area contributed by atoms with Gasteiger partial charge in [0.2, 0.25) is 0 Å². The molecule has 0 bridgehead atoms. The van der Waals surface area contributed by atoms with Gasteiger partial charge in [-0.05, 0) is 36.4 Å². The predicted molar refractivity (Wildman–Crippen MR) is 85.5 cm³/mol. The standard InChI is InChI=1S/C15H9FN2O2S2/c16-10-3-1-9(2-4-10)14-18-11(8-21-14)5-6-13-17-7-12(22-13)15(19)20/h1-8H,(H,19,20)/b6-5+. The number of carbonyl (C=O) groups is 1. The maximum Gasteiger partial charge on any atom is 0.347 e. The molecule has 0 saturated carbocycles. The second kappa shape index (κ2) is 6.17. The minimum absolute atomic E-state index is 0.199. The van der Waals surface area contributed by atoms with E-state index < -0.39 is 5.97 Å². The molecular formula is C15H9FN2O2S2. The second-order valence-electron chi connectivity index (χ2n) is 4.29. The van der Waals surface area contributed by atoms with Crippen LogP contribution in [0.5, 0.6) is 0 Å². The maximum atomic E-state index is 12.9. The third-order valence-electron chi connectivity index (χ3n) is 2.74. The minimum Gasteiger partial charge on any atom is -0.477 e. The number of thiazole rings is 2. The Morgan fingerprint density at radius 1 is 1.23 bits per heavy atom. The van der Waals surface area contributed by atoms with Crippen LogP contribution in [0.25, 0.3) is 22.7 Å². The summed E-state index contributed by atoms with van der Waals surface area (Å²) in [5, 5.41) is 12.1. The van der Waals surface area contributed by atoms with E-state index in [2.05, 4.69) is 9.97 Å². The number of aromatic carboxylic acids is 1. The summed E-state index contributed by atoms with van der Waals surface area (Å²) in [6.07, 6.45) is 4.83. The summed E-state index contributed by atoms with van der Waals surface area (Å²) in [6, 6.07) is 6.16. The highest BCUT2D eigenvalue weighted by atomic mass is 32.1. The molecule has 1 aromatic carbocycles. The Bertz CT molecular complexity index is 837. The van der Waals surface area contributed by atoms with E-state index in [1.54, 1.807) is 24.3 Å². The fraction of sp³-hybridized carbons (Fsp3) is 0. The maximum absolute atomic E-state index is 12.9. The van der Waals surface area contributed by atoms with Crippen molar-refractivity contribution in [2.75, 3.05) is 0 Å². The van der Waals surface area contributed by atoms with Gasteiger partial charge in [0.25, 0.3) is 0 Å². The molecule has 0 unspecified atom stereocenters. The summed E-state index contributed by atoms with van der Waals surface area (Å²) in [6.45, 7) is 0. The number of benzene rings is 1. The third kappa shape index (κ3) is 3.26. The largest absolute Gasteiger partial charge is 0.477 e. The van der Waals surface area contributed by atoms with Crippen molar-refractivity contribution in [3.05, 3.63) is 57.2 Å². The smallest absolute Gasteiger partial charge is 0.347 e. The Labute approximate surface area is 133 Å². The first-order valence-electron chi connectivity index (χ1n) is 6.20. The monoisotopic (exact) mass is 332 g/mol. The van der Waals surface area contributed by atoms with Crippen LogP contribution in [0.3, 0.4) is 0 Å². The van der Waals surface area contributed by atoms with E-state index in [4.69, 9.17) is 5.11 Å². The van der Waals surface area contributed by atoms with E-state index in [-0.39, 0.29) is 10.7 Å². The van der Waals surface area contributed by atoms with E-state index in [1.807, 2.05) is 5.38 Å². The molecule has 0 atom stereocenters. The average molecular weight is 332 g/mol. The van der Waals surface area contributed by atoms with Gasteiger partial charge in [0, 0.05) is 10.9 Å². The molecule has 0 aliphatic rings. The quantitative estimate of drug-likeness (QED) is 0.775. The molecule has 22 heavy (non-hydrogen) atoms. The van der Waals surface area contributed by atoms with Gasteiger partial charge in [-0.1, -0.05) is 0 Å². The van der Waals surface area contributed by atoms with Gasteiger partial charge in [-0.25, -0.2) is 19.2 Å². The van der Waals surface area contributed by atoms with Gasteiger partial charge >= 0.3 is 5.97 Å². The summed E-state index contributed by atoms with van der Waals surface area (Å²) < 4.78 is 12.9. The molecule has 2 aromatic heterocycles. The number of hydrogen-bond donors (Lipinski definition) is 1. The Kier molecular flexibility index (Phi) is 4.08. The van der Waals surface area contributed by atoms with Crippen molar-refractivity contribution in [3.63, 3.8) is 0 Å². The molecule has 0 aliphatic carbocycles. The SMILES string of the molecule is O=C(O)c1cnc(/C=C/c2csc(-c3ccc(F)cc3)n2)s1. The molecule has 2 heterocycles. The van der Waals surface area contributed by atoms with Crippen molar-refractivity contribution in [2.45, 2.75) is 0 Å². The van der Waals surface area contributed by atoms with E-state index in [1.165, 1.54) is 29.7 Å². The first kappa shape index (κ1) is 14.6. The number of hydrogen-bond acceptors (Lipinski definition) is 5. The zero-order valence-corrected chi connectivity index (χ0v) is 12.7. The van der Waals surface area contributed by atoms with E-state index in [0.717, 1.165) is 27.6 Å². The molecule has 7 heteroatoms. The molecule has 0 fully saturated rings. The van der Waals surface area contributed by atoms with Crippen molar-refractivity contribution in [1.29, 1.82) is 0 Å². The lowest BCUT2D eigenvalue weighted by Gasteiger charge is -1.94. The summed E-state index contributed by atoms with van der Waals surface area (Å²) in [4.78, 5) is 19.4. The highest BCUT2D eigenvalue weighted by molar-refractivity contribution is 7.14. The predicted octanol–water partition coefficient (Wildman–Crippen LogP) is 4.27. The number of nitrogens with zero attached hydrogens (tertiary/aromatic N) is 2. The molecular weight excluding hydrogens is 323 g/mol. The second-order valence-corrected chi connectivity index (χ2v) is 6.21. The van der Waals surface area contributed by atoms with E-state index in [0.29, 0.717) is 5.01 Å². The summed E-state index contributed by atoms with van der Waals surface area (Å²) in [5.41, 5.74) is 1.60. The first-order valence-corrected chi connectivity index (χ1v) is 7.90. The van der Waals surface area contributed by atoms with Crippen LogP contribution in [0.1, 0.15) is 20.4 Å². The highest BCUT2D eigenvalue weighted by Crippen LogP contribution is 2.25. The lowest BCUT2D eigenvalue weighted by molar-refractivity contribution is 0.0702. The van der Waals surface area contributed by atoms with Gasteiger partial charge in [-0.3, -0.25) is 0 Å². The number of halogens is 1. The number of carboxylic acids is 1. The van der Waals surface area contributed by atoms with Gasteiger partial charge in [-0.2, -0.15) is 0 Å².